The summed E-state index contributed by atoms with van der Waals surface area (Å²) in [6, 6.07) is 14.7. The fourth-order valence-electron chi connectivity index (χ4n) is 10.3. The highest BCUT2D eigenvalue weighted by atomic mass is 19.3. The Morgan fingerprint density at radius 1 is 0.892 bits per heavy atom. The highest BCUT2D eigenvalue weighted by Crippen LogP contribution is 2.59. The molecule has 338 valence electrons. The molecule has 4 heterocycles. The van der Waals surface area contributed by atoms with E-state index < -0.39 is 42.1 Å². The number of carbonyl (C=O) groups excluding carboxylic acids is 4. The average Bonchev–Trinajstić information content (AvgIpc) is 3.72. The van der Waals surface area contributed by atoms with Gasteiger partial charge in [-0.1, -0.05) is 51.1 Å². The number of imidazole rings is 2. The van der Waals surface area contributed by atoms with E-state index in [-0.39, 0.29) is 52.8 Å². The lowest BCUT2D eigenvalue weighted by atomic mass is 9.98. The lowest BCUT2D eigenvalue weighted by Gasteiger charge is -2.31. The smallest absolute Gasteiger partial charge is 0.407 e. The Morgan fingerprint density at radius 3 is 2.20 bits per heavy atom. The Labute approximate surface area is 374 Å². The van der Waals surface area contributed by atoms with Crippen molar-refractivity contribution in [3.63, 3.8) is 0 Å². The van der Waals surface area contributed by atoms with Crippen LogP contribution in [0.2, 0.25) is 0 Å². The second kappa shape index (κ2) is 16.3. The zero-order valence-corrected chi connectivity index (χ0v) is 37.0. The molecule has 0 unspecified atom stereocenters. The Bertz CT molecular complexity index is 2770. The largest absolute Gasteiger partial charge is 0.453 e. The normalized spacial score (nSPS) is 22.0. The highest BCUT2D eigenvalue weighted by Gasteiger charge is 2.55. The van der Waals surface area contributed by atoms with Gasteiger partial charge in [0.05, 0.1) is 61.7 Å². The van der Waals surface area contributed by atoms with Crippen LogP contribution in [0.25, 0.3) is 44.5 Å². The molecule has 2 aliphatic heterocycles. The van der Waals surface area contributed by atoms with Gasteiger partial charge in [-0.15, -0.1) is 0 Å². The predicted octanol–water partition coefficient (Wildman–Crippen LogP) is 8.11. The monoisotopic (exact) mass is 887 g/mol. The van der Waals surface area contributed by atoms with Gasteiger partial charge in [0, 0.05) is 29.3 Å². The number of nitrogens with one attached hydrogen (secondary N) is 4. The molecule has 15 nitrogen and oxygen atoms in total. The molecule has 4 amide bonds. The van der Waals surface area contributed by atoms with Crippen LogP contribution in [0.3, 0.4) is 0 Å². The van der Waals surface area contributed by atoms with E-state index in [1.807, 2.05) is 58.0 Å². The fourth-order valence-corrected chi connectivity index (χ4v) is 10.3. The minimum Gasteiger partial charge on any atom is -0.453 e. The first-order chi connectivity index (χ1) is 31.1. The van der Waals surface area contributed by atoms with Gasteiger partial charge in [-0.25, -0.2) is 19.6 Å². The highest BCUT2D eigenvalue weighted by molar-refractivity contribution is 5.89. The van der Waals surface area contributed by atoms with Gasteiger partial charge >= 0.3 is 12.2 Å². The van der Waals surface area contributed by atoms with E-state index in [4.69, 9.17) is 14.5 Å². The standard InChI is InChI=1S/C48H51F2N9O6/c1-24(2)39(57-46(63)65-6)44(61)58-23-47(14-15-47)21-38(58)41-52-22-37(55-41)29-8-11-31-30-10-7-27(18-32(30)48(49,50)33(31)19-29)28-9-12-34-36(20-28)54-42(53-34)40-25(3)17-26(4)59(40)43(60)35(13-16-51)56-45(62)64-5/h7-12,18-20,22,24-26,35,38-40H,13-15,17,21,23H2,1-6H3,(H,52,55)(H,53,54)(H,56,62)(H,57,63)/t25-,26+,35-,38-,39-,40-/m0/s1. The number of amides is 4. The van der Waals surface area contributed by atoms with E-state index in [0.717, 1.165) is 12.8 Å². The maximum atomic E-state index is 16.7. The van der Waals surface area contributed by atoms with Crippen molar-refractivity contribution in [2.75, 3.05) is 20.8 Å². The molecule has 9 rings (SSSR count). The molecule has 5 aromatic rings. The number of hydrogen-bond acceptors (Lipinski definition) is 9. The van der Waals surface area contributed by atoms with Crippen LogP contribution in [0.15, 0.2) is 60.8 Å². The number of halogens is 2. The summed E-state index contributed by atoms with van der Waals surface area (Å²) >= 11 is 0. The molecule has 0 bridgehead atoms. The van der Waals surface area contributed by atoms with Gasteiger partial charge in [-0.05, 0) is 96.4 Å². The van der Waals surface area contributed by atoms with Gasteiger partial charge in [0.15, 0.2) is 0 Å². The zero-order chi connectivity index (χ0) is 46.1. The molecule has 1 saturated carbocycles. The first-order valence-corrected chi connectivity index (χ1v) is 22.0. The first kappa shape index (κ1) is 43.4. The molecule has 3 fully saturated rings. The number of rotatable bonds is 10. The average molecular weight is 888 g/mol. The summed E-state index contributed by atoms with van der Waals surface area (Å²) in [5.74, 6) is -3.03. The summed E-state index contributed by atoms with van der Waals surface area (Å²) in [6.45, 7) is 8.21. The van der Waals surface area contributed by atoms with Crippen LogP contribution in [0.5, 0.6) is 0 Å². The van der Waals surface area contributed by atoms with Gasteiger partial charge in [-0.3, -0.25) is 9.59 Å². The second-order valence-corrected chi connectivity index (χ2v) is 18.5. The van der Waals surface area contributed by atoms with Crippen LogP contribution >= 0.6 is 0 Å². The number of methoxy groups -OCH3 is 2. The number of aromatic nitrogens is 4. The second-order valence-electron chi connectivity index (χ2n) is 18.5. The van der Waals surface area contributed by atoms with E-state index in [9.17, 15) is 24.4 Å². The third-order valence-electron chi connectivity index (χ3n) is 13.8. The maximum Gasteiger partial charge on any atom is 0.407 e. The topological polar surface area (TPSA) is 198 Å². The summed E-state index contributed by atoms with van der Waals surface area (Å²) in [7, 11) is 2.45. The summed E-state index contributed by atoms with van der Waals surface area (Å²) in [5.41, 5.74) is 4.31. The SMILES string of the molecule is COC(=O)N[C@@H](CC#N)C(=O)N1[C@H](C)C[C@H](C)[C@H]1c1nc2ccc(-c3ccc4c(c3)C(F)(F)c3cc(-c5cnc([C@@H]6CC7(CC7)CN6C(=O)[C@@H](NC(=O)OC)C(C)C)[nH]5)ccc3-4)cc2[nH]1. The molecular formula is C48H51F2N9O6. The van der Waals surface area contributed by atoms with Crippen molar-refractivity contribution in [2.45, 2.75) is 95.9 Å². The maximum absolute atomic E-state index is 16.7. The van der Waals surface area contributed by atoms with E-state index in [1.165, 1.54) is 26.4 Å². The molecule has 2 aliphatic carbocycles. The third kappa shape index (κ3) is 7.61. The van der Waals surface area contributed by atoms with Gasteiger partial charge in [0.1, 0.15) is 23.7 Å². The van der Waals surface area contributed by atoms with E-state index in [2.05, 4.69) is 25.6 Å². The summed E-state index contributed by atoms with van der Waals surface area (Å²) in [4.78, 5) is 71.7. The first-order valence-electron chi connectivity index (χ1n) is 22.0. The van der Waals surface area contributed by atoms with Crippen LogP contribution in [-0.4, -0.2) is 92.6 Å². The number of nitrogens with zero attached hydrogens (tertiary/aromatic N) is 5. The van der Waals surface area contributed by atoms with Gasteiger partial charge in [-0.2, -0.15) is 14.0 Å². The number of carbonyl (C=O) groups is 4. The Morgan fingerprint density at radius 2 is 1.54 bits per heavy atom. The quantitative estimate of drug-likeness (QED) is 0.107. The zero-order valence-electron chi connectivity index (χ0n) is 37.0. The van der Waals surface area contributed by atoms with E-state index in [0.29, 0.717) is 75.6 Å². The molecule has 6 atom stereocenters. The number of ether oxygens (including phenoxy) is 2. The summed E-state index contributed by atoms with van der Waals surface area (Å²) in [5, 5.41) is 14.6. The van der Waals surface area contributed by atoms with Crippen molar-refractivity contribution in [3.05, 3.63) is 83.6 Å². The lowest BCUT2D eigenvalue weighted by molar-refractivity contribution is -0.137. The van der Waals surface area contributed by atoms with Crippen molar-refractivity contribution in [1.82, 2.24) is 40.4 Å². The molecular weight excluding hydrogens is 837 g/mol. The molecule has 17 heteroatoms. The van der Waals surface area contributed by atoms with E-state index in [1.54, 1.807) is 34.2 Å². The van der Waals surface area contributed by atoms with Crippen LogP contribution in [0.1, 0.15) is 94.7 Å². The van der Waals surface area contributed by atoms with Crippen molar-refractivity contribution in [3.8, 4) is 39.6 Å². The van der Waals surface area contributed by atoms with E-state index >= 15 is 8.78 Å². The summed E-state index contributed by atoms with van der Waals surface area (Å²) < 4.78 is 42.8. The molecule has 4 aliphatic rings. The Balaban J connectivity index is 0.960. The van der Waals surface area contributed by atoms with Gasteiger partial charge < -0.3 is 39.9 Å². The summed E-state index contributed by atoms with van der Waals surface area (Å²) in [6.07, 6.45) is 3.27. The number of alkyl halides is 2. The van der Waals surface area contributed by atoms with Crippen LogP contribution < -0.4 is 10.6 Å². The molecule has 65 heavy (non-hydrogen) atoms. The molecule has 2 aromatic heterocycles. The third-order valence-corrected chi connectivity index (χ3v) is 13.8. The van der Waals surface area contributed by atoms with Crippen LogP contribution in [-0.2, 0) is 25.0 Å². The van der Waals surface area contributed by atoms with Gasteiger partial charge in [0.2, 0.25) is 11.8 Å². The van der Waals surface area contributed by atoms with Crippen molar-refractivity contribution < 1.29 is 37.4 Å². The minimum atomic E-state index is -3.31. The molecule has 3 aromatic carbocycles. The fraction of sp³-hybridized carbons (Fsp3) is 0.438. The number of hydrogen-bond donors (Lipinski definition) is 4. The Kier molecular flexibility index (Phi) is 10.9. The van der Waals surface area contributed by atoms with Crippen LogP contribution in [0, 0.1) is 28.6 Å². The van der Waals surface area contributed by atoms with Gasteiger partial charge in [0.25, 0.3) is 5.92 Å². The van der Waals surface area contributed by atoms with Crippen molar-refractivity contribution in [2.24, 2.45) is 17.3 Å². The molecule has 1 spiro atoms. The van der Waals surface area contributed by atoms with Crippen molar-refractivity contribution >= 4 is 35.0 Å². The van der Waals surface area contributed by atoms with Crippen LogP contribution in [0.4, 0.5) is 18.4 Å². The minimum absolute atomic E-state index is 0.000523. The number of aromatic amines is 2. The molecule has 4 N–H and O–H groups in total. The number of benzene rings is 3. The number of alkyl carbamates (subject to hydrolysis) is 2. The predicted molar refractivity (Wildman–Crippen MR) is 235 cm³/mol. The number of fused-ring (bicyclic) bond motifs is 4. The Hall–Kier alpha value is -6.83. The molecule has 2 saturated heterocycles. The molecule has 0 radical (unpaired) electrons. The number of nitriles is 1. The number of likely N-dealkylation sites (tertiary alicyclic amines) is 2. The number of H-pyrrole nitrogens is 2. The lowest BCUT2D eigenvalue weighted by Crippen LogP contribution is -2.51. The van der Waals surface area contributed by atoms with Crippen molar-refractivity contribution in [1.29, 1.82) is 5.26 Å².